The molecule has 4 rings (SSSR count). The monoisotopic (exact) mass is 546 g/mol. The summed E-state index contributed by atoms with van der Waals surface area (Å²) < 4.78 is 6.00. The van der Waals surface area contributed by atoms with Crippen LogP contribution in [0.4, 0.5) is 0 Å². The molecule has 0 radical (unpaired) electrons. The number of fused-ring (bicyclic) bond motifs is 5. The first-order valence-electron chi connectivity index (χ1n) is 12.5. The number of ether oxygens (including phenoxy) is 1. The van der Waals surface area contributed by atoms with Crippen molar-refractivity contribution in [2.24, 2.45) is 22.7 Å². The van der Waals surface area contributed by atoms with Gasteiger partial charge in [0.1, 0.15) is 33.5 Å². The minimum absolute atomic E-state index is 0.0255. The zero-order valence-electron chi connectivity index (χ0n) is 22.1. The highest BCUT2D eigenvalue weighted by atomic mass is 32.1. The lowest BCUT2D eigenvalue weighted by Gasteiger charge is -2.23. The van der Waals surface area contributed by atoms with Gasteiger partial charge in [-0.2, -0.15) is 0 Å². The van der Waals surface area contributed by atoms with Gasteiger partial charge in [0.05, 0.1) is 12.1 Å². The Morgan fingerprint density at radius 2 is 1.22 bits per heavy atom. The van der Waals surface area contributed by atoms with Crippen LogP contribution in [0.3, 0.4) is 0 Å². The molecule has 6 bridgehead atoms. The molecular weight excluding hydrogens is 512 g/mol. The molecule has 0 spiro atoms. The van der Waals surface area contributed by atoms with E-state index >= 15 is 0 Å². The maximum Gasteiger partial charge on any atom is 0.271 e. The Morgan fingerprint density at radius 1 is 0.757 bits per heavy atom. The van der Waals surface area contributed by atoms with E-state index in [2.05, 4.69) is 30.9 Å². The van der Waals surface area contributed by atoms with E-state index in [0.29, 0.717) is 15.9 Å². The van der Waals surface area contributed by atoms with Crippen LogP contribution in [0.5, 0.6) is 0 Å². The van der Waals surface area contributed by atoms with Crippen LogP contribution in [-0.2, 0) is 9.53 Å². The zero-order valence-corrected chi connectivity index (χ0v) is 23.7. The molecule has 10 nitrogen and oxygen atoms in total. The van der Waals surface area contributed by atoms with Gasteiger partial charge in [0.2, 0.25) is 11.8 Å². The van der Waals surface area contributed by atoms with Crippen LogP contribution in [0.15, 0.2) is 15.8 Å². The van der Waals surface area contributed by atoms with Crippen molar-refractivity contribution in [3.63, 3.8) is 0 Å². The molecule has 4 heterocycles. The van der Waals surface area contributed by atoms with E-state index in [-0.39, 0.29) is 46.9 Å². The van der Waals surface area contributed by atoms with Crippen LogP contribution in [0.2, 0.25) is 0 Å². The zero-order chi connectivity index (χ0) is 27.0. The first kappa shape index (κ1) is 27.2. The Balaban J connectivity index is 1.77. The Kier molecular flexibility index (Phi) is 7.98. The van der Waals surface area contributed by atoms with Crippen LogP contribution in [0, 0.1) is 17.8 Å². The van der Waals surface area contributed by atoms with Crippen LogP contribution >= 0.6 is 22.7 Å². The van der Waals surface area contributed by atoms with Gasteiger partial charge in [0.25, 0.3) is 11.8 Å². The fraction of sp³-hybridized carbons (Fsp3) is 0.600. The van der Waals surface area contributed by atoms with Gasteiger partial charge < -0.3 is 20.7 Å². The van der Waals surface area contributed by atoms with Crippen LogP contribution < -0.4 is 16.0 Å². The molecule has 2 aliphatic rings. The lowest BCUT2D eigenvalue weighted by molar-refractivity contribution is -0.124. The van der Waals surface area contributed by atoms with Crippen molar-refractivity contribution in [3.05, 3.63) is 32.2 Å². The predicted octanol–water partition coefficient (Wildman–Crippen LogP) is 3.49. The van der Waals surface area contributed by atoms with Crippen molar-refractivity contribution in [1.29, 1.82) is 0 Å². The molecule has 5 atom stereocenters. The number of carbonyl (C=O) groups is 3. The number of nitrogens with zero attached hydrogens (tertiary/aromatic N) is 3. The summed E-state index contributed by atoms with van der Waals surface area (Å²) in [5.41, 5.74) is 0.530. The van der Waals surface area contributed by atoms with Crippen molar-refractivity contribution in [2.45, 2.75) is 78.7 Å². The third-order valence-corrected chi connectivity index (χ3v) is 8.32. The second-order valence-electron chi connectivity index (χ2n) is 10.5. The molecule has 0 saturated carbocycles. The maximum absolute atomic E-state index is 13.3. The van der Waals surface area contributed by atoms with E-state index in [0.717, 1.165) is 0 Å². The summed E-state index contributed by atoms with van der Waals surface area (Å²) >= 11 is 2.66. The fourth-order valence-electron chi connectivity index (χ4n) is 4.23. The summed E-state index contributed by atoms with van der Waals surface area (Å²) in [7, 11) is 0. The topological polar surface area (TPSA) is 135 Å². The SMILES string of the molecule is CC(C)[C@H]1NC(=O)c2csc(n2)[C@@H](C(C)C)NC(=O)c2csc(n2)[C@@H](C(C)C)NC(=O)[C@@H]2N=C1O[C@H]2C. The number of aliphatic imine (C=N–C) groups is 1. The number of aromatic nitrogens is 2. The summed E-state index contributed by atoms with van der Waals surface area (Å²) in [5, 5.41) is 13.7. The van der Waals surface area contributed by atoms with Gasteiger partial charge in [-0.05, 0) is 24.7 Å². The van der Waals surface area contributed by atoms with E-state index in [1.165, 1.54) is 22.7 Å². The highest BCUT2D eigenvalue weighted by Gasteiger charge is 2.39. The quantitative estimate of drug-likeness (QED) is 0.539. The van der Waals surface area contributed by atoms with Crippen molar-refractivity contribution in [3.8, 4) is 0 Å². The third kappa shape index (κ3) is 5.69. The van der Waals surface area contributed by atoms with E-state index in [4.69, 9.17) is 4.74 Å². The van der Waals surface area contributed by atoms with Gasteiger partial charge in [-0.3, -0.25) is 14.4 Å². The lowest BCUT2D eigenvalue weighted by atomic mass is 10.0. The van der Waals surface area contributed by atoms with Gasteiger partial charge in [-0.1, -0.05) is 41.5 Å². The Labute approximate surface area is 224 Å². The number of carbonyl (C=O) groups excluding carboxylic acids is 3. The smallest absolute Gasteiger partial charge is 0.271 e. The number of rotatable bonds is 3. The second kappa shape index (κ2) is 10.9. The van der Waals surface area contributed by atoms with Gasteiger partial charge in [0, 0.05) is 10.8 Å². The van der Waals surface area contributed by atoms with Gasteiger partial charge in [0.15, 0.2) is 6.04 Å². The number of thiazole rings is 2. The lowest BCUT2D eigenvalue weighted by Crippen LogP contribution is -2.45. The minimum atomic E-state index is -0.770. The Bertz CT molecular complexity index is 1200. The molecule has 3 amide bonds. The summed E-state index contributed by atoms with van der Waals surface area (Å²) in [4.78, 5) is 53.3. The predicted molar refractivity (Wildman–Crippen MR) is 143 cm³/mol. The van der Waals surface area contributed by atoms with Gasteiger partial charge in [-0.25, -0.2) is 15.0 Å². The molecule has 2 aromatic rings. The maximum atomic E-state index is 13.3. The largest absolute Gasteiger partial charge is 0.474 e. The van der Waals surface area contributed by atoms with Crippen molar-refractivity contribution in [2.75, 3.05) is 0 Å². The summed E-state index contributed by atoms with van der Waals surface area (Å²) in [5.74, 6) is -0.645. The van der Waals surface area contributed by atoms with Crippen molar-refractivity contribution < 1.29 is 19.1 Å². The highest BCUT2D eigenvalue weighted by Crippen LogP contribution is 2.29. The van der Waals surface area contributed by atoms with E-state index < -0.39 is 30.3 Å². The van der Waals surface area contributed by atoms with E-state index in [1.54, 1.807) is 17.7 Å². The molecule has 12 heteroatoms. The average molecular weight is 547 g/mol. The first-order chi connectivity index (χ1) is 17.5. The minimum Gasteiger partial charge on any atom is -0.474 e. The van der Waals surface area contributed by atoms with Crippen molar-refractivity contribution in [1.82, 2.24) is 25.9 Å². The molecule has 2 aliphatic heterocycles. The molecule has 0 unspecified atom stereocenters. The molecule has 3 N–H and O–H groups in total. The van der Waals surface area contributed by atoms with Gasteiger partial charge >= 0.3 is 0 Å². The van der Waals surface area contributed by atoms with Crippen LogP contribution in [0.1, 0.15) is 91.5 Å². The van der Waals surface area contributed by atoms with Crippen molar-refractivity contribution >= 4 is 46.3 Å². The summed E-state index contributed by atoms with van der Waals surface area (Å²) in [6.07, 6.45) is -0.502. The number of nitrogens with one attached hydrogen (secondary N) is 3. The summed E-state index contributed by atoms with van der Waals surface area (Å²) in [6, 6.07) is -2.09. The molecule has 37 heavy (non-hydrogen) atoms. The van der Waals surface area contributed by atoms with Crippen LogP contribution in [-0.4, -0.2) is 51.8 Å². The first-order valence-corrected chi connectivity index (χ1v) is 14.3. The van der Waals surface area contributed by atoms with Gasteiger partial charge in [-0.15, -0.1) is 22.7 Å². The second-order valence-corrected chi connectivity index (χ2v) is 12.3. The van der Waals surface area contributed by atoms with E-state index in [1.807, 2.05) is 41.5 Å². The molecule has 0 fully saturated rings. The molecule has 0 aromatic carbocycles. The summed E-state index contributed by atoms with van der Waals surface area (Å²) in [6.45, 7) is 13.6. The highest BCUT2D eigenvalue weighted by molar-refractivity contribution is 7.10. The Morgan fingerprint density at radius 3 is 1.70 bits per heavy atom. The number of hydrogen-bond donors (Lipinski definition) is 3. The number of amides is 3. The third-order valence-electron chi connectivity index (χ3n) is 6.46. The van der Waals surface area contributed by atoms with E-state index in [9.17, 15) is 14.4 Å². The molecule has 2 aromatic heterocycles. The fourth-order valence-corrected chi connectivity index (χ4v) is 6.27. The van der Waals surface area contributed by atoms with Crippen LogP contribution in [0.25, 0.3) is 0 Å². The molecule has 200 valence electrons. The molecule has 0 aliphatic carbocycles. The average Bonchev–Trinajstić information content (AvgIpc) is 3.57. The Hall–Kier alpha value is -2.86. The molecule has 0 saturated heterocycles. The normalized spacial score (nSPS) is 26.8. The standard InChI is InChI=1S/C25H34N6O4S2/c1-10(2)16-23-31-19(13(7)35-23)22(34)30-18(12(5)6)25-27-15(9-37-25)21(33)29-17(11(3)4)24-26-14(8-36-24)20(32)28-16/h8-13,16-19H,1-7H3,(H,28,32)(H,29,33)(H,30,34)/t13-,16+,17+,18+,19+/m0/s1. The number of hydrogen-bond acceptors (Lipinski definition) is 9. The molecular formula is C25H34N6O4S2.